The van der Waals surface area contributed by atoms with Crippen molar-refractivity contribution in [3.63, 3.8) is 0 Å². The zero-order valence-corrected chi connectivity index (χ0v) is 8.62. The van der Waals surface area contributed by atoms with Crippen molar-refractivity contribution in [3.05, 3.63) is 0 Å². The number of rotatable bonds is 9. The Morgan fingerprint density at radius 1 is 1.08 bits per heavy atom. The van der Waals surface area contributed by atoms with Gasteiger partial charge in [0.05, 0.1) is 19.8 Å². The molecule has 0 saturated heterocycles. The molecule has 0 aromatic heterocycles. The van der Waals surface area contributed by atoms with E-state index in [1.165, 1.54) is 0 Å². The predicted molar refractivity (Wildman–Crippen MR) is 51.8 cm³/mol. The largest absolute Gasteiger partial charge is 0.385 e. The van der Waals surface area contributed by atoms with Crippen LogP contribution < -0.4 is 5.73 Å². The van der Waals surface area contributed by atoms with E-state index in [1.807, 2.05) is 6.92 Å². The highest BCUT2D eigenvalue weighted by Crippen LogP contribution is 1.85. The molecule has 0 aliphatic carbocycles. The highest BCUT2D eigenvalue weighted by molar-refractivity contribution is 4.47. The van der Waals surface area contributed by atoms with E-state index in [4.69, 9.17) is 19.9 Å². The summed E-state index contributed by atoms with van der Waals surface area (Å²) < 4.78 is 15.4. The van der Waals surface area contributed by atoms with Crippen molar-refractivity contribution in [2.75, 3.05) is 40.1 Å². The first-order valence-corrected chi connectivity index (χ1v) is 4.67. The van der Waals surface area contributed by atoms with E-state index in [-0.39, 0.29) is 6.04 Å². The van der Waals surface area contributed by atoms with Gasteiger partial charge in [0.2, 0.25) is 0 Å². The lowest BCUT2D eigenvalue weighted by Crippen LogP contribution is -2.23. The highest BCUT2D eigenvalue weighted by Gasteiger charge is 1.93. The predicted octanol–water partition coefficient (Wildman–Crippen LogP) is 0.403. The standard InChI is InChI=1S/C9H21NO3/c1-9(10)8-13-7-6-12-5-3-4-11-2/h9H,3-8,10H2,1-2H3/t9-/m1/s1. The SMILES string of the molecule is COCCCOCCOC[C@@H](C)N. The van der Waals surface area contributed by atoms with Crippen LogP contribution in [0.2, 0.25) is 0 Å². The summed E-state index contributed by atoms with van der Waals surface area (Å²) in [6, 6.07) is 0.105. The molecule has 0 spiro atoms. The lowest BCUT2D eigenvalue weighted by molar-refractivity contribution is 0.0368. The summed E-state index contributed by atoms with van der Waals surface area (Å²) in [6.45, 7) is 5.25. The van der Waals surface area contributed by atoms with Gasteiger partial charge in [-0.05, 0) is 13.3 Å². The molecular formula is C9H21NO3. The van der Waals surface area contributed by atoms with Crippen LogP contribution in [0, 0.1) is 0 Å². The van der Waals surface area contributed by atoms with Gasteiger partial charge in [-0.1, -0.05) is 0 Å². The molecule has 2 N–H and O–H groups in total. The molecule has 13 heavy (non-hydrogen) atoms. The molecule has 4 nitrogen and oxygen atoms in total. The summed E-state index contributed by atoms with van der Waals surface area (Å²) in [5.74, 6) is 0. The molecule has 0 saturated carbocycles. The summed E-state index contributed by atoms with van der Waals surface area (Å²) in [5.41, 5.74) is 5.49. The van der Waals surface area contributed by atoms with E-state index in [9.17, 15) is 0 Å². The fraction of sp³-hybridized carbons (Fsp3) is 1.00. The molecular weight excluding hydrogens is 170 g/mol. The first kappa shape index (κ1) is 12.8. The smallest absolute Gasteiger partial charge is 0.0701 e. The van der Waals surface area contributed by atoms with Gasteiger partial charge < -0.3 is 19.9 Å². The molecule has 0 fully saturated rings. The van der Waals surface area contributed by atoms with Crippen LogP contribution in [-0.2, 0) is 14.2 Å². The van der Waals surface area contributed by atoms with Crippen molar-refractivity contribution >= 4 is 0 Å². The summed E-state index contributed by atoms with van der Waals surface area (Å²) in [4.78, 5) is 0. The van der Waals surface area contributed by atoms with Crippen molar-refractivity contribution in [2.45, 2.75) is 19.4 Å². The fourth-order valence-electron chi connectivity index (χ4n) is 0.794. The van der Waals surface area contributed by atoms with Crippen LogP contribution in [0.15, 0.2) is 0 Å². The van der Waals surface area contributed by atoms with Crippen molar-refractivity contribution < 1.29 is 14.2 Å². The Labute approximate surface area is 80.3 Å². The Kier molecular flexibility index (Phi) is 9.80. The number of ether oxygens (including phenoxy) is 3. The second-order valence-corrected chi connectivity index (χ2v) is 3.01. The van der Waals surface area contributed by atoms with Gasteiger partial charge in [0.1, 0.15) is 0 Å². The molecule has 1 atom stereocenters. The molecule has 0 heterocycles. The van der Waals surface area contributed by atoms with Gasteiger partial charge in [-0.15, -0.1) is 0 Å². The second kappa shape index (κ2) is 9.92. The van der Waals surface area contributed by atoms with Crippen molar-refractivity contribution in [1.82, 2.24) is 0 Å². The minimum Gasteiger partial charge on any atom is -0.385 e. The van der Waals surface area contributed by atoms with Crippen molar-refractivity contribution in [1.29, 1.82) is 0 Å². The van der Waals surface area contributed by atoms with Crippen LogP contribution in [0.3, 0.4) is 0 Å². The highest BCUT2D eigenvalue weighted by atomic mass is 16.5. The average molecular weight is 191 g/mol. The van der Waals surface area contributed by atoms with Gasteiger partial charge in [-0.3, -0.25) is 0 Å². The van der Waals surface area contributed by atoms with Gasteiger partial charge >= 0.3 is 0 Å². The van der Waals surface area contributed by atoms with E-state index in [0.29, 0.717) is 19.8 Å². The number of methoxy groups -OCH3 is 1. The van der Waals surface area contributed by atoms with Gasteiger partial charge in [0.25, 0.3) is 0 Å². The zero-order valence-electron chi connectivity index (χ0n) is 8.62. The van der Waals surface area contributed by atoms with Crippen LogP contribution in [0.25, 0.3) is 0 Å². The Hall–Kier alpha value is -0.160. The number of hydrogen-bond acceptors (Lipinski definition) is 4. The maximum atomic E-state index is 5.49. The van der Waals surface area contributed by atoms with E-state index >= 15 is 0 Å². The Balaban J connectivity index is 2.84. The summed E-state index contributed by atoms with van der Waals surface area (Å²) in [6.07, 6.45) is 0.934. The third kappa shape index (κ3) is 11.8. The third-order valence-electron chi connectivity index (χ3n) is 1.39. The maximum absolute atomic E-state index is 5.49. The average Bonchev–Trinajstić information content (AvgIpc) is 2.09. The molecule has 0 aromatic carbocycles. The topological polar surface area (TPSA) is 53.7 Å². The molecule has 80 valence electrons. The molecule has 0 aliphatic rings. The quantitative estimate of drug-likeness (QED) is 0.536. The van der Waals surface area contributed by atoms with E-state index in [1.54, 1.807) is 7.11 Å². The van der Waals surface area contributed by atoms with Gasteiger partial charge in [0.15, 0.2) is 0 Å². The first-order chi connectivity index (χ1) is 6.27. The van der Waals surface area contributed by atoms with Crippen LogP contribution in [0.1, 0.15) is 13.3 Å². The number of hydrogen-bond donors (Lipinski definition) is 1. The third-order valence-corrected chi connectivity index (χ3v) is 1.39. The Morgan fingerprint density at radius 3 is 2.38 bits per heavy atom. The van der Waals surface area contributed by atoms with Gasteiger partial charge in [-0.2, -0.15) is 0 Å². The van der Waals surface area contributed by atoms with Crippen molar-refractivity contribution in [3.8, 4) is 0 Å². The first-order valence-electron chi connectivity index (χ1n) is 4.67. The summed E-state index contributed by atoms with van der Waals surface area (Å²) in [7, 11) is 1.69. The second-order valence-electron chi connectivity index (χ2n) is 3.01. The zero-order chi connectivity index (χ0) is 9.94. The monoisotopic (exact) mass is 191 g/mol. The van der Waals surface area contributed by atoms with Gasteiger partial charge in [-0.25, -0.2) is 0 Å². The molecule has 4 heteroatoms. The minimum absolute atomic E-state index is 0.105. The minimum atomic E-state index is 0.105. The molecule has 0 bridgehead atoms. The molecule has 0 radical (unpaired) electrons. The molecule has 0 aromatic rings. The van der Waals surface area contributed by atoms with Crippen LogP contribution in [0.5, 0.6) is 0 Å². The molecule has 0 unspecified atom stereocenters. The van der Waals surface area contributed by atoms with Crippen LogP contribution in [0.4, 0.5) is 0 Å². The molecule has 0 amide bonds. The summed E-state index contributed by atoms with van der Waals surface area (Å²) in [5, 5.41) is 0. The Bertz CT molecular complexity index is 98.9. The van der Waals surface area contributed by atoms with Crippen molar-refractivity contribution in [2.24, 2.45) is 5.73 Å². The number of nitrogens with two attached hydrogens (primary N) is 1. The lowest BCUT2D eigenvalue weighted by Gasteiger charge is -2.07. The van der Waals surface area contributed by atoms with E-state index in [2.05, 4.69) is 0 Å². The van der Waals surface area contributed by atoms with E-state index in [0.717, 1.165) is 19.6 Å². The normalized spacial score (nSPS) is 13.2. The fourth-order valence-corrected chi connectivity index (χ4v) is 0.794. The lowest BCUT2D eigenvalue weighted by atomic mass is 10.4. The van der Waals surface area contributed by atoms with Crippen LogP contribution >= 0.6 is 0 Å². The van der Waals surface area contributed by atoms with Gasteiger partial charge in [0, 0.05) is 26.4 Å². The molecule has 0 aliphatic heterocycles. The van der Waals surface area contributed by atoms with Crippen LogP contribution in [-0.4, -0.2) is 46.2 Å². The maximum Gasteiger partial charge on any atom is 0.0701 e. The summed E-state index contributed by atoms with van der Waals surface area (Å²) >= 11 is 0. The van der Waals surface area contributed by atoms with E-state index < -0.39 is 0 Å². The molecule has 0 rings (SSSR count). The Morgan fingerprint density at radius 2 is 1.77 bits per heavy atom.